The molecule has 3 aromatic rings. The normalized spacial score (nSPS) is 12.6. The molecule has 0 saturated carbocycles. The molecular formula is C18H10Cl2F6N4O3S. The van der Waals surface area contributed by atoms with Crippen LogP contribution in [-0.4, -0.2) is 29.3 Å². The number of sulfonamides is 1. The summed E-state index contributed by atoms with van der Waals surface area (Å²) in [6.07, 6.45) is -10.2. The van der Waals surface area contributed by atoms with E-state index in [1.807, 2.05) is 0 Å². The molecular weight excluding hydrogens is 537 g/mol. The average molecular weight is 547 g/mol. The van der Waals surface area contributed by atoms with Crippen molar-refractivity contribution in [2.75, 3.05) is 0 Å². The number of nitrogens with zero attached hydrogens (tertiary/aromatic N) is 3. The molecule has 0 aliphatic rings. The van der Waals surface area contributed by atoms with E-state index < -0.39 is 55.2 Å². The molecule has 16 heteroatoms. The van der Waals surface area contributed by atoms with Crippen molar-refractivity contribution in [3.05, 3.63) is 69.0 Å². The molecule has 0 aliphatic heterocycles. The monoisotopic (exact) mass is 546 g/mol. The molecule has 0 fully saturated rings. The highest BCUT2D eigenvalue weighted by Crippen LogP contribution is 2.36. The van der Waals surface area contributed by atoms with Crippen LogP contribution in [0.15, 0.2) is 41.3 Å². The summed E-state index contributed by atoms with van der Waals surface area (Å²) in [4.78, 5) is 11.3. The maximum Gasteiger partial charge on any atom is 0.435 e. The number of nitrogens with one attached hydrogen (secondary N) is 1. The van der Waals surface area contributed by atoms with Crippen LogP contribution in [0.5, 0.6) is 0 Å². The summed E-state index contributed by atoms with van der Waals surface area (Å²) >= 11 is 11.6. The van der Waals surface area contributed by atoms with Crippen molar-refractivity contribution in [3.8, 4) is 5.69 Å². The summed E-state index contributed by atoms with van der Waals surface area (Å²) in [5.41, 5.74) is -4.35. The van der Waals surface area contributed by atoms with Crippen LogP contribution < -0.4 is 4.72 Å². The summed E-state index contributed by atoms with van der Waals surface area (Å²) in [6, 6.07) is 5.12. The Hall–Kier alpha value is -2.84. The van der Waals surface area contributed by atoms with E-state index in [0.717, 1.165) is 0 Å². The van der Waals surface area contributed by atoms with Crippen LogP contribution in [-0.2, 0) is 22.4 Å². The minimum Gasteiger partial charge on any atom is -0.266 e. The Balaban J connectivity index is 2.07. The Morgan fingerprint density at radius 2 is 1.62 bits per heavy atom. The molecule has 0 atom stereocenters. The van der Waals surface area contributed by atoms with E-state index in [1.165, 1.54) is 22.9 Å². The van der Waals surface area contributed by atoms with E-state index in [9.17, 15) is 39.6 Å². The second-order valence-electron chi connectivity index (χ2n) is 6.73. The van der Waals surface area contributed by atoms with Crippen molar-refractivity contribution in [1.29, 1.82) is 0 Å². The summed E-state index contributed by atoms with van der Waals surface area (Å²) in [7, 11) is -5.15. The first kappa shape index (κ1) is 25.8. The van der Waals surface area contributed by atoms with Crippen molar-refractivity contribution in [3.63, 3.8) is 0 Å². The van der Waals surface area contributed by atoms with Gasteiger partial charge in [-0.05, 0) is 42.8 Å². The zero-order valence-electron chi connectivity index (χ0n) is 16.5. The fourth-order valence-electron chi connectivity index (χ4n) is 2.75. The molecule has 0 unspecified atom stereocenters. The van der Waals surface area contributed by atoms with Gasteiger partial charge in [0.15, 0.2) is 11.4 Å². The van der Waals surface area contributed by atoms with E-state index in [2.05, 4.69) is 10.3 Å². The van der Waals surface area contributed by atoms with Crippen molar-refractivity contribution >= 4 is 39.1 Å². The Kier molecular flexibility index (Phi) is 6.63. The van der Waals surface area contributed by atoms with Gasteiger partial charge in [0, 0.05) is 0 Å². The SMILES string of the molecule is Cc1ccc(-n2nnc(C(=O)NS(=O)(=O)c3cc(C(F)(F)F)ccc3Cl)c2C(F)(F)F)c(Cl)c1. The Morgan fingerprint density at radius 1 is 0.971 bits per heavy atom. The molecule has 0 bridgehead atoms. The Morgan fingerprint density at radius 3 is 2.18 bits per heavy atom. The average Bonchev–Trinajstić information content (AvgIpc) is 3.12. The van der Waals surface area contributed by atoms with Gasteiger partial charge in [0.1, 0.15) is 4.90 Å². The number of benzene rings is 2. The lowest BCUT2D eigenvalue weighted by atomic mass is 10.2. The van der Waals surface area contributed by atoms with Crippen LogP contribution in [0.4, 0.5) is 26.3 Å². The maximum atomic E-state index is 13.8. The summed E-state index contributed by atoms with van der Waals surface area (Å²) < 4.78 is 107. The molecule has 1 amide bonds. The van der Waals surface area contributed by atoms with Crippen LogP contribution in [0, 0.1) is 6.92 Å². The van der Waals surface area contributed by atoms with E-state index in [-0.39, 0.29) is 21.5 Å². The van der Waals surface area contributed by atoms with Crippen molar-refractivity contribution in [2.24, 2.45) is 0 Å². The first-order valence-electron chi connectivity index (χ1n) is 8.75. The molecule has 3 rings (SSSR count). The molecule has 1 aromatic heterocycles. The number of carbonyl (C=O) groups excluding carboxylic acids is 1. The zero-order valence-corrected chi connectivity index (χ0v) is 18.8. The fraction of sp³-hybridized carbons (Fsp3) is 0.167. The molecule has 1 N–H and O–H groups in total. The highest BCUT2D eigenvalue weighted by molar-refractivity contribution is 7.90. The molecule has 182 valence electrons. The van der Waals surface area contributed by atoms with Gasteiger partial charge < -0.3 is 0 Å². The number of rotatable bonds is 4. The number of alkyl halides is 6. The predicted octanol–water partition coefficient (Wildman–Crippen LogP) is 5.04. The third-order valence-electron chi connectivity index (χ3n) is 4.26. The van der Waals surface area contributed by atoms with Gasteiger partial charge in [-0.25, -0.2) is 17.8 Å². The largest absolute Gasteiger partial charge is 0.435 e. The quantitative estimate of drug-likeness (QED) is 0.463. The predicted molar refractivity (Wildman–Crippen MR) is 107 cm³/mol. The van der Waals surface area contributed by atoms with Crippen LogP contribution in [0.1, 0.15) is 27.3 Å². The van der Waals surface area contributed by atoms with Gasteiger partial charge in [0.25, 0.3) is 15.9 Å². The lowest BCUT2D eigenvalue weighted by Crippen LogP contribution is -2.33. The van der Waals surface area contributed by atoms with Gasteiger partial charge in [-0.3, -0.25) is 4.79 Å². The third kappa shape index (κ3) is 5.13. The van der Waals surface area contributed by atoms with Crippen LogP contribution >= 0.6 is 23.2 Å². The van der Waals surface area contributed by atoms with Crippen molar-refractivity contribution < 1.29 is 39.6 Å². The Labute approximate surface area is 197 Å². The van der Waals surface area contributed by atoms with E-state index in [4.69, 9.17) is 23.2 Å². The van der Waals surface area contributed by atoms with Crippen LogP contribution in [0.25, 0.3) is 5.69 Å². The number of aromatic nitrogens is 3. The van der Waals surface area contributed by atoms with Crippen molar-refractivity contribution in [2.45, 2.75) is 24.2 Å². The maximum absolute atomic E-state index is 13.8. The molecule has 0 saturated heterocycles. The number of aryl methyl sites for hydroxylation is 1. The molecule has 7 nitrogen and oxygen atoms in total. The highest BCUT2D eigenvalue weighted by Gasteiger charge is 2.43. The minimum absolute atomic E-state index is 0.130. The molecule has 0 spiro atoms. The molecule has 0 aliphatic carbocycles. The summed E-state index contributed by atoms with van der Waals surface area (Å²) in [5.74, 6) is -1.91. The molecule has 2 aromatic carbocycles. The molecule has 34 heavy (non-hydrogen) atoms. The standard InChI is InChI=1S/C18H10Cl2F6N4O3S/c1-8-2-5-12(11(20)6-8)30-15(18(24,25)26)14(27-29-30)16(31)28-34(32,33)13-7-9(17(21,22)23)3-4-10(13)19/h2-7H,1H3,(H,28,31). The topological polar surface area (TPSA) is 93.9 Å². The van der Waals surface area contributed by atoms with Gasteiger partial charge in [-0.1, -0.05) is 34.5 Å². The smallest absolute Gasteiger partial charge is 0.266 e. The third-order valence-corrected chi connectivity index (χ3v) is 6.38. The number of carbonyl (C=O) groups is 1. The molecule has 1 heterocycles. The lowest BCUT2D eigenvalue weighted by molar-refractivity contribution is -0.143. The van der Waals surface area contributed by atoms with Gasteiger partial charge in [0.05, 0.1) is 21.3 Å². The zero-order chi connectivity index (χ0) is 25.6. The fourth-order valence-corrected chi connectivity index (χ4v) is 4.55. The summed E-state index contributed by atoms with van der Waals surface area (Å²) in [6.45, 7) is 1.62. The minimum atomic E-state index is -5.26. The van der Waals surface area contributed by atoms with E-state index in [0.29, 0.717) is 17.7 Å². The number of halogens is 8. The van der Waals surface area contributed by atoms with Gasteiger partial charge in [-0.15, -0.1) is 5.10 Å². The Bertz CT molecular complexity index is 1390. The number of hydrogen-bond acceptors (Lipinski definition) is 5. The molecule has 0 radical (unpaired) electrons. The van der Waals surface area contributed by atoms with Gasteiger partial charge >= 0.3 is 12.4 Å². The first-order valence-corrected chi connectivity index (χ1v) is 11.0. The lowest BCUT2D eigenvalue weighted by Gasteiger charge is -2.13. The highest BCUT2D eigenvalue weighted by atomic mass is 35.5. The number of amides is 1. The van der Waals surface area contributed by atoms with Crippen LogP contribution in [0.3, 0.4) is 0 Å². The van der Waals surface area contributed by atoms with Crippen LogP contribution in [0.2, 0.25) is 10.0 Å². The van der Waals surface area contributed by atoms with Gasteiger partial charge in [0.2, 0.25) is 0 Å². The first-order chi connectivity index (χ1) is 15.5. The second kappa shape index (κ2) is 8.74. The summed E-state index contributed by atoms with van der Waals surface area (Å²) in [5, 5.41) is 5.50. The van der Waals surface area contributed by atoms with E-state index in [1.54, 1.807) is 6.92 Å². The number of hydrogen-bond donors (Lipinski definition) is 1. The van der Waals surface area contributed by atoms with E-state index >= 15 is 0 Å². The second-order valence-corrected chi connectivity index (χ2v) is 9.19. The van der Waals surface area contributed by atoms with Crippen molar-refractivity contribution in [1.82, 2.24) is 19.7 Å². The van der Waals surface area contributed by atoms with Gasteiger partial charge in [-0.2, -0.15) is 26.3 Å².